The van der Waals surface area contributed by atoms with E-state index in [2.05, 4.69) is 15.2 Å². The van der Waals surface area contributed by atoms with Crippen molar-refractivity contribution in [2.24, 2.45) is 0 Å². The van der Waals surface area contributed by atoms with E-state index in [1.165, 1.54) is 12.6 Å². The lowest BCUT2D eigenvalue weighted by atomic mass is 10.2. The van der Waals surface area contributed by atoms with E-state index in [0.29, 0.717) is 22.4 Å². The minimum absolute atomic E-state index is 0.112. The number of para-hydroxylation sites is 1. The first kappa shape index (κ1) is 8.84. The Kier molecular flexibility index (Phi) is 1.83. The van der Waals surface area contributed by atoms with Crippen LogP contribution in [0.2, 0.25) is 0 Å². The van der Waals surface area contributed by atoms with Crippen molar-refractivity contribution in [1.82, 2.24) is 15.2 Å². The first-order valence-corrected chi connectivity index (χ1v) is 4.72. The fourth-order valence-corrected chi connectivity index (χ4v) is 1.58. The summed E-state index contributed by atoms with van der Waals surface area (Å²) in [6.07, 6.45) is 2.75. The molecule has 0 saturated carbocycles. The highest BCUT2D eigenvalue weighted by Gasteiger charge is 2.10. The SMILES string of the molecule is O=c1c(-c2ncn[nH]2)coc2ccccc12. The Hall–Kier alpha value is -2.43. The van der Waals surface area contributed by atoms with Gasteiger partial charge in [-0.15, -0.1) is 0 Å². The van der Waals surface area contributed by atoms with Crippen molar-refractivity contribution in [2.45, 2.75) is 0 Å². The minimum Gasteiger partial charge on any atom is -0.463 e. The van der Waals surface area contributed by atoms with Crippen LogP contribution in [0, 0.1) is 0 Å². The van der Waals surface area contributed by atoms with Gasteiger partial charge in [-0.2, -0.15) is 5.10 Å². The van der Waals surface area contributed by atoms with Gasteiger partial charge in [0, 0.05) is 0 Å². The van der Waals surface area contributed by atoms with E-state index in [1.54, 1.807) is 18.2 Å². The van der Waals surface area contributed by atoms with E-state index < -0.39 is 0 Å². The fourth-order valence-electron chi connectivity index (χ4n) is 1.58. The maximum atomic E-state index is 12.1. The molecule has 78 valence electrons. The molecule has 0 saturated heterocycles. The molecule has 0 spiro atoms. The standard InChI is InChI=1S/C11H7N3O2/c15-10-7-3-1-2-4-9(7)16-5-8(10)11-12-6-13-14-11/h1-6H,(H,12,13,14). The highest BCUT2D eigenvalue weighted by Crippen LogP contribution is 2.15. The quantitative estimate of drug-likeness (QED) is 0.666. The first-order chi connectivity index (χ1) is 7.86. The van der Waals surface area contributed by atoms with E-state index in [-0.39, 0.29) is 5.43 Å². The van der Waals surface area contributed by atoms with Gasteiger partial charge in [0.2, 0.25) is 5.43 Å². The number of fused-ring (bicyclic) bond motifs is 1. The molecular formula is C11H7N3O2. The molecule has 0 bridgehead atoms. The van der Waals surface area contributed by atoms with Gasteiger partial charge in [0.25, 0.3) is 0 Å². The van der Waals surface area contributed by atoms with Crippen molar-refractivity contribution in [3.8, 4) is 11.4 Å². The summed E-state index contributed by atoms with van der Waals surface area (Å²) >= 11 is 0. The van der Waals surface area contributed by atoms with Crippen molar-refractivity contribution in [3.05, 3.63) is 47.1 Å². The molecule has 0 aliphatic rings. The third-order valence-corrected chi connectivity index (χ3v) is 2.35. The van der Waals surface area contributed by atoms with Gasteiger partial charge in [0.1, 0.15) is 23.7 Å². The summed E-state index contributed by atoms with van der Waals surface area (Å²) in [6.45, 7) is 0. The topological polar surface area (TPSA) is 71.8 Å². The second-order valence-corrected chi connectivity index (χ2v) is 3.31. The lowest BCUT2D eigenvalue weighted by Crippen LogP contribution is -2.05. The molecule has 0 radical (unpaired) electrons. The molecule has 0 aliphatic carbocycles. The number of aromatic nitrogens is 3. The first-order valence-electron chi connectivity index (χ1n) is 4.72. The number of benzene rings is 1. The highest BCUT2D eigenvalue weighted by atomic mass is 16.3. The van der Waals surface area contributed by atoms with Crippen LogP contribution < -0.4 is 5.43 Å². The predicted octanol–water partition coefficient (Wildman–Crippen LogP) is 1.58. The molecule has 1 aromatic carbocycles. The lowest BCUT2D eigenvalue weighted by Gasteiger charge is -1.98. The second-order valence-electron chi connectivity index (χ2n) is 3.31. The number of nitrogens with one attached hydrogen (secondary N) is 1. The molecule has 5 heteroatoms. The lowest BCUT2D eigenvalue weighted by molar-refractivity contribution is 0.604. The summed E-state index contributed by atoms with van der Waals surface area (Å²) in [4.78, 5) is 16.0. The Morgan fingerprint density at radius 1 is 1.25 bits per heavy atom. The molecule has 0 atom stereocenters. The van der Waals surface area contributed by atoms with Gasteiger partial charge in [-0.1, -0.05) is 12.1 Å². The van der Waals surface area contributed by atoms with E-state index in [9.17, 15) is 4.79 Å². The summed E-state index contributed by atoms with van der Waals surface area (Å²) in [7, 11) is 0. The van der Waals surface area contributed by atoms with Gasteiger partial charge in [-0.25, -0.2) is 4.98 Å². The molecule has 0 aliphatic heterocycles. The Labute approximate surface area is 89.8 Å². The number of hydrogen-bond donors (Lipinski definition) is 1. The van der Waals surface area contributed by atoms with E-state index in [0.717, 1.165) is 0 Å². The maximum Gasteiger partial charge on any atom is 0.203 e. The third kappa shape index (κ3) is 1.22. The summed E-state index contributed by atoms with van der Waals surface area (Å²) in [5, 5.41) is 6.88. The van der Waals surface area contributed by atoms with Crippen molar-refractivity contribution >= 4 is 11.0 Å². The van der Waals surface area contributed by atoms with Crippen LogP contribution in [0.5, 0.6) is 0 Å². The van der Waals surface area contributed by atoms with Gasteiger partial charge < -0.3 is 4.42 Å². The van der Waals surface area contributed by atoms with Crippen LogP contribution in [0.4, 0.5) is 0 Å². The molecule has 5 nitrogen and oxygen atoms in total. The third-order valence-electron chi connectivity index (χ3n) is 2.35. The predicted molar refractivity (Wildman–Crippen MR) is 57.9 cm³/mol. The van der Waals surface area contributed by atoms with Gasteiger partial charge in [0.05, 0.1) is 5.39 Å². The highest BCUT2D eigenvalue weighted by molar-refractivity contribution is 5.79. The summed E-state index contributed by atoms with van der Waals surface area (Å²) in [5.74, 6) is 0.416. The number of hydrogen-bond acceptors (Lipinski definition) is 4. The average molecular weight is 213 g/mol. The second kappa shape index (κ2) is 3.30. The van der Waals surface area contributed by atoms with Crippen LogP contribution in [-0.2, 0) is 0 Å². The van der Waals surface area contributed by atoms with Gasteiger partial charge in [0.15, 0.2) is 5.82 Å². The van der Waals surface area contributed by atoms with Gasteiger partial charge in [-0.3, -0.25) is 9.89 Å². The van der Waals surface area contributed by atoms with Crippen LogP contribution in [0.25, 0.3) is 22.4 Å². The van der Waals surface area contributed by atoms with Crippen molar-refractivity contribution in [1.29, 1.82) is 0 Å². The number of nitrogens with zero attached hydrogens (tertiary/aromatic N) is 2. The number of rotatable bonds is 1. The zero-order chi connectivity index (χ0) is 11.0. The van der Waals surface area contributed by atoms with Crippen molar-refractivity contribution < 1.29 is 4.42 Å². The molecule has 3 aromatic rings. The summed E-state index contributed by atoms with van der Waals surface area (Å²) in [5.41, 5.74) is 0.838. The van der Waals surface area contributed by atoms with Crippen LogP contribution in [0.3, 0.4) is 0 Å². The zero-order valence-corrected chi connectivity index (χ0v) is 8.18. The van der Waals surface area contributed by atoms with Crippen molar-refractivity contribution in [2.75, 3.05) is 0 Å². The molecule has 16 heavy (non-hydrogen) atoms. The molecule has 3 rings (SSSR count). The molecule has 0 unspecified atom stereocenters. The zero-order valence-electron chi connectivity index (χ0n) is 8.18. The van der Waals surface area contributed by atoms with Gasteiger partial charge >= 0.3 is 0 Å². The Balaban J connectivity index is 2.37. The Morgan fingerprint density at radius 3 is 2.94 bits per heavy atom. The number of aromatic amines is 1. The van der Waals surface area contributed by atoms with E-state index >= 15 is 0 Å². The molecule has 1 N–H and O–H groups in total. The van der Waals surface area contributed by atoms with Crippen LogP contribution in [0.1, 0.15) is 0 Å². The number of H-pyrrole nitrogens is 1. The Bertz CT molecular complexity index is 686. The molecular weight excluding hydrogens is 206 g/mol. The monoisotopic (exact) mass is 213 g/mol. The molecule has 2 aromatic heterocycles. The molecule has 0 fully saturated rings. The average Bonchev–Trinajstić information content (AvgIpc) is 2.83. The Morgan fingerprint density at radius 2 is 2.12 bits per heavy atom. The van der Waals surface area contributed by atoms with Crippen LogP contribution in [0.15, 0.2) is 46.1 Å². The maximum absolute atomic E-state index is 12.1. The largest absolute Gasteiger partial charge is 0.463 e. The summed E-state index contributed by atoms with van der Waals surface area (Å²) < 4.78 is 5.36. The van der Waals surface area contributed by atoms with E-state index in [4.69, 9.17) is 4.42 Å². The normalized spacial score (nSPS) is 10.8. The summed E-state index contributed by atoms with van der Waals surface area (Å²) in [6, 6.07) is 7.09. The van der Waals surface area contributed by atoms with Crippen LogP contribution >= 0.6 is 0 Å². The molecule has 0 amide bonds. The fraction of sp³-hybridized carbons (Fsp3) is 0. The van der Waals surface area contributed by atoms with E-state index in [1.807, 2.05) is 6.07 Å². The minimum atomic E-state index is -0.112. The smallest absolute Gasteiger partial charge is 0.203 e. The van der Waals surface area contributed by atoms with Gasteiger partial charge in [-0.05, 0) is 12.1 Å². The van der Waals surface area contributed by atoms with Crippen molar-refractivity contribution in [3.63, 3.8) is 0 Å². The molecule has 2 heterocycles. The van der Waals surface area contributed by atoms with Crippen LogP contribution in [-0.4, -0.2) is 15.2 Å².